The Bertz CT molecular complexity index is 1330. The Morgan fingerprint density at radius 2 is 1.45 bits per heavy atom. The molecule has 1 aromatic heterocycles. The number of hydrogen-bond acceptors (Lipinski definition) is 3. The summed E-state index contributed by atoms with van der Waals surface area (Å²) in [5.74, 6) is -0.602. The van der Waals surface area contributed by atoms with E-state index >= 15 is 0 Å². The lowest BCUT2D eigenvalue weighted by atomic mass is 10.0. The molecule has 1 N–H and O–H groups in total. The highest BCUT2D eigenvalue weighted by molar-refractivity contribution is 6.10. The van der Waals surface area contributed by atoms with Crippen molar-refractivity contribution in [3.8, 4) is 0 Å². The third-order valence-corrected chi connectivity index (χ3v) is 5.20. The fourth-order valence-electron chi connectivity index (χ4n) is 3.49. The van der Waals surface area contributed by atoms with Gasteiger partial charge in [0.05, 0.1) is 11.1 Å². The van der Waals surface area contributed by atoms with E-state index in [1.54, 1.807) is 41.0 Å². The zero-order valence-electron chi connectivity index (χ0n) is 17.4. The minimum absolute atomic E-state index is 0.0250. The number of carbonyl (C=O) groups is 2. The van der Waals surface area contributed by atoms with Gasteiger partial charge in [0.15, 0.2) is 5.78 Å². The van der Waals surface area contributed by atoms with Gasteiger partial charge in [-0.15, -0.1) is 0 Å². The quantitative estimate of drug-likeness (QED) is 0.493. The number of fused-ring (bicyclic) bond motifs is 1. The average Bonchev–Trinajstić information content (AvgIpc) is 2.77. The average molecular weight is 410 g/mol. The minimum atomic E-state index is -0.358. The molecule has 0 fully saturated rings. The fourth-order valence-corrected chi connectivity index (χ4v) is 3.49. The minimum Gasteiger partial charge on any atom is -0.337 e. The molecule has 5 nitrogen and oxygen atoms in total. The maximum absolute atomic E-state index is 13.1. The van der Waals surface area contributed by atoms with Gasteiger partial charge in [-0.05, 0) is 38.1 Å². The van der Waals surface area contributed by atoms with Crippen molar-refractivity contribution in [3.05, 3.63) is 111 Å². The smallest absolute Gasteiger partial charge is 0.244 e. The van der Waals surface area contributed by atoms with Crippen molar-refractivity contribution in [3.63, 3.8) is 0 Å². The summed E-state index contributed by atoms with van der Waals surface area (Å²) >= 11 is 0. The lowest BCUT2D eigenvalue weighted by Crippen LogP contribution is -2.24. The molecule has 0 saturated heterocycles. The molecule has 1 amide bonds. The lowest BCUT2D eigenvalue weighted by molar-refractivity contribution is -0.116. The van der Waals surface area contributed by atoms with Crippen molar-refractivity contribution in [1.82, 2.24) is 4.57 Å². The van der Waals surface area contributed by atoms with E-state index in [1.165, 1.54) is 6.20 Å². The van der Waals surface area contributed by atoms with Gasteiger partial charge in [-0.1, -0.05) is 59.7 Å². The molecule has 0 aliphatic heterocycles. The largest absolute Gasteiger partial charge is 0.337 e. The molecule has 0 aliphatic rings. The van der Waals surface area contributed by atoms with E-state index in [0.717, 1.165) is 11.1 Å². The first-order valence-electron chi connectivity index (χ1n) is 10.0. The predicted octanol–water partition coefficient (Wildman–Crippen LogP) is 4.49. The molecule has 3 aromatic carbocycles. The fraction of sp³-hybridized carbons (Fsp3) is 0.115. The molecule has 31 heavy (non-hydrogen) atoms. The summed E-state index contributed by atoms with van der Waals surface area (Å²) in [7, 11) is 0. The number of anilines is 1. The van der Waals surface area contributed by atoms with Crippen LogP contribution in [0.2, 0.25) is 0 Å². The van der Waals surface area contributed by atoms with Crippen LogP contribution >= 0.6 is 0 Å². The monoisotopic (exact) mass is 410 g/mol. The molecule has 4 aromatic rings. The van der Waals surface area contributed by atoms with E-state index in [2.05, 4.69) is 5.32 Å². The number of aryl methyl sites for hydroxylation is 2. The van der Waals surface area contributed by atoms with Crippen molar-refractivity contribution in [2.75, 3.05) is 5.32 Å². The summed E-state index contributed by atoms with van der Waals surface area (Å²) < 4.78 is 1.65. The molecule has 154 valence electrons. The summed E-state index contributed by atoms with van der Waals surface area (Å²) in [4.78, 5) is 38.8. The maximum atomic E-state index is 13.1. The molecular formula is C26H22N2O3. The number of para-hydroxylation sites is 1. The first-order chi connectivity index (χ1) is 14.9. The maximum Gasteiger partial charge on any atom is 0.244 e. The molecule has 0 spiro atoms. The summed E-state index contributed by atoms with van der Waals surface area (Å²) in [5, 5.41) is 3.27. The van der Waals surface area contributed by atoms with Gasteiger partial charge in [-0.3, -0.25) is 14.4 Å². The Kier molecular flexibility index (Phi) is 5.50. The van der Waals surface area contributed by atoms with Crippen LogP contribution in [-0.2, 0) is 11.3 Å². The van der Waals surface area contributed by atoms with Crippen LogP contribution in [0.5, 0.6) is 0 Å². The van der Waals surface area contributed by atoms with Crippen molar-refractivity contribution in [1.29, 1.82) is 0 Å². The zero-order chi connectivity index (χ0) is 22.0. The van der Waals surface area contributed by atoms with Crippen molar-refractivity contribution >= 4 is 28.3 Å². The molecule has 0 atom stereocenters. The van der Waals surface area contributed by atoms with Gasteiger partial charge in [0.25, 0.3) is 0 Å². The van der Waals surface area contributed by atoms with Gasteiger partial charge in [-0.25, -0.2) is 0 Å². The molecule has 4 rings (SSSR count). The van der Waals surface area contributed by atoms with Crippen LogP contribution in [0.3, 0.4) is 0 Å². The molecule has 1 heterocycles. The Morgan fingerprint density at radius 1 is 0.839 bits per heavy atom. The van der Waals surface area contributed by atoms with Crippen LogP contribution in [0.1, 0.15) is 27.0 Å². The second-order valence-electron chi connectivity index (χ2n) is 7.63. The first kappa shape index (κ1) is 20.3. The van der Waals surface area contributed by atoms with Gasteiger partial charge in [0, 0.05) is 22.8 Å². The number of aromatic nitrogens is 1. The van der Waals surface area contributed by atoms with Crippen LogP contribution in [0, 0.1) is 13.8 Å². The zero-order valence-corrected chi connectivity index (χ0v) is 17.4. The number of pyridine rings is 1. The van der Waals surface area contributed by atoms with Crippen molar-refractivity contribution < 1.29 is 9.59 Å². The van der Waals surface area contributed by atoms with Crippen LogP contribution in [0.15, 0.2) is 83.8 Å². The highest BCUT2D eigenvalue weighted by atomic mass is 16.2. The predicted molar refractivity (Wildman–Crippen MR) is 123 cm³/mol. The Hall–Kier alpha value is -3.99. The van der Waals surface area contributed by atoms with Crippen LogP contribution in [0.4, 0.5) is 5.69 Å². The van der Waals surface area contributed by atoms with Gasteiger partial charge in [0.1, 0.15) is 6.54 Å². The number of rotatable bonds is 5. The van der Waals surface area contributed by atoms with Gasteiger partial charge < -0.3 is 9.88 Å². The van der Waals surface area contributed by atoms with E-state index in [-0.39, 0.29) is 29.2 Å². The van der Waals surface area contributed by atoms with Crippen LogP contribution in [-0.4, -0.2) is 16.3 Å². The number of hydrogen-bond donors (Lipinski definition) is 1. The van der Waals surface area contributed by atoms with E-state index in [9.17, 15) is 14.4 Å². The summed E-state index contributed by atoms with van der Waals surface area (Å²) in [5.41, 5.74) is 3.57. The van der Waals surface area contributed by atoms with Crippen molar-refractivity contribution in [2.24, 2.45) is 0 Å². The molecule has 0 radical (unpaired) electrons. The highest BCUT2D eigenvalue weighted by Crippen LogP contribution is 2.16. The third kappa shape index (κ3) is 4.31. The second kappa shape index (κ2) is 8.40. The van der Waals surface area contributed by atoms with Crippen LogP contribution in [0.25, 0.3) is 10.9 Å². The van der Waals surface area contributed by atoms with E-state index in [0.29, 0.717) is 22.2 Å². The van der Waals surface area contributed by atoms with Gasteiger partial charge in [0.2, 0.25) is 11.3 Å². The Balaban J connectivity index is 1.72. The SMILES string of the molecule is Cc1ccc(NC(=O)Cn2cc(C(=O)c3ccc(C)cc3)c(=O)c3ccccc32)cc1. The molecule has 0 bridgehead atoms. The number of nitrogens with one attached hydrogen (secondary N) is 1. The van der Waals surface area contributed by atoms with E-state index in [1.807, 2.05) is 50.2 Å². The first-order valence-corrected chi connectivity index (χ1v) is 10.0. The normalized spacial score (nSPS) is 10.8. The number of benzene rings is 3. The number of amides is 1. The molecule has 0 unspecified atom stereocenters. The molecular weight excluding hydrogens is 388 g/mol. The Labute approximate surface area is 180 Å². The van der Waals surface area contributed by atoms with E-state index < -0.39 is 0 Å². The third-order valence-electron chi connectivity index (χ3n) is 5.20. The molecule has 0 saturated carbocycles. The standard InChI is InChI=1S/C26H22N2O3/c1-17-7-11-19(12-8-17)25(30)22-15-28(23-6-4-3-5-21(23)26(22)31)16-24(29)27-20-13-9-18(2)10-14-20/h3-15H,16H2,1-2H3,(H,27,29). The Morgan fingerprint density at radius 3 is 2.13 bits per heavy atom. The summed E-state index contributed by atoms with van der Waals surface area (Å²) in [6.45, 7) is 3.89. The topological polar surface area (TPSA) is 68.2 Å². The summed E-state index contributed by atoms with van der Waals surface area (Å²) in [6.07, 6.45) is 1.49. The van der Waals surface area contributed by atoms with E-state index in [4.69, 9.17) is 0 Å². The van der Waals surface area contributed by atoms with Crippen LogP contribution < -0.4 is 10.7 Å². The van der Waals surface area contributed by atoms with Crippen molar-refractivity contribution in [2.45, 2.75) is 20.4 Å². The summed E-state index contributed by atoms with van der Waals surface area (Å²) in [6, 6.07) is 21.6. The second-order valence-corrected chi connectivity index (χ2v) is 7.63. The highest BCUT2D eigenvalue weighted by Gasteiger charge is 2.18. The van der Waals surface area contributed by atoms with Gasteiger partial charge >= 0.3 is 0 Å². The van der Waals surface area contributed by atoms with Gasteiger partial charge in [-0.2, -0.15) is 0 Å². The lowest BCUT2D eigenvalue weighted by Gasteiger charge is -2.13. The number of ketones is 1. The number of carbonyl (C=O) groups excluding carboxylic acids is 2. The molecule has 5 heteroatoms. The number of nitrogens with zero attached hydrogens (tertiary/aromatic N) is 1. The molecule has 0 aliphatic carbocycles.